The van der Waals surface area contributed by atoms with Crippen molar-refractivity contribution in [1.29, 1.82) is 5.26 Å². The zero-order valence-electron chi connectivity index (χ0n) is 14.2. The van der Waals surface area contributed by atoms with Crippen LogP contribution in [-0.4, -0.2) is 14.5 Å². The maximum Gasteiger partial charge on any atom is 0.192 e. The fourth-order valence-corrected chi connectivity index (χ4v) is 3.25. The van der Waals surface area contributed by atoms with Gasteiger partial charge in [0.1, 0.15) is 17.4 Å². The van der Waals surface area contributed by atoms with Gasteiger partial charge in [-0.05, 0) is 37.1 Å². The molecule has 2 aromatic heterocycles. The summed E-state index contributed by atoms with van der Waals surface area (Å²) in [4.78, 5) is 9.04. The smallest absolute Gasteiger partial charge is 0.192 e. The normalized spacial score (nSPS) is 11.0. The highest BCUT2D eigenvalue weighted by atomic mass is 16.3. The van der Waals surface area contributed by atoms with E-state index in [0.717, 1.165) is 17.1 Å². The molecule has 0 spiro atoms. The predicted octanol–water partition coefficient (Wildman–Crippen LogP) is 4.48. The van der Waals surface area contributed by atoms with Crippen molar-refractivity contribution in [2.24, 2.45) is 0 Å². The molecule has 122 valence electrons. The fraction of sp³-hybridized carbons (Fsp3) is 0.150. The largest absolute Gasteiger partial charge is 0.440 e. The Morgan fingerprint density at radius 1 is 1.08 bits per heavy atom. The molecule has 0 saturated heterocycles. The first-order chi connectivity index (χ1) is 12.1. The third-order valence-corrected chi connectivity index (χ3v) is 4.33. The van der Waals surface area contributed by atoms with Gasteiger partial charge in [0.05, 0.1) is 11.3 Å². The lowest BCUT2D eigenvalue weighted by Crippen LogP contribution is -2.02. The Bertz CT molecular complexity index is 1120. The quantitative estimate of drug-likeness (QED) is 0.544. The molecule has 0 unspecified atom stereocenters. The summed E-state index contributed by atoms with van der Waals surface area (Å²) in [5.41, 5.74) is 5.93. The lowest BCUT2D eigenvalue weighted by Gasteiger charge is -2.14. The van der Waals surface area contributed by atoms with E-state index in [-0.39, 0.29) is 0 Å². The van der Waals surface area contributed by atoms with Crippen LogP contribution in [0.1, 0.15) is 22.6 Å². The van der Waals surface area contributed by atoms with Gasteiger partial charge in [-0.3, -0.25) is 4.57 Å². The number of fused-ring (bicyclic) bond motifs is 1. The second-order valence-electron chi connectivity index (χ2n) is 6.04. The van der Waals surface area contributed by atoms with E-state index in [4.69, 9.17) is 4.42 Å². The predicted molar refractivity (Wildman–Crippen MR) is 95.5 cm³/mol. The number of rotatable bonds is 2. The van der Waals surface area contributed by atoms with Crippen LogP contribution in [-0.2, 0) is 0 Å². The molecule has 2 aromatic carbocycles. The topological polar surface area (TPSA) is 67.6 Å². The van der Waals surface area contributed by atoms with Crippen molar-refractivity contribution < 1.29 is 4.42 Å². The number of aromatic nitrogens is 3. The van der Waals surface area contributed by atoms with Gasteiger partial charge in [-0.25, -0.2) is 9.97 Å². The molecule has 2 heterocycles. The Morgan fingerprint density at radius 3 is 2.56 bits per heavy atom. The minimum absolute atomic E-state index is 0.476. The SMILES string of the molecule is Cc1nc2c(-c3nccn3-c3c(C)cccc3C)ccc(C#N)c2o1. The second kappa shape index (κ2) is 5.60. The van der Waals surface area contributed by atoms with E-state index >= 15 is 0 Å². The Kier molecular flexibility index (Phi) is 3.40. The molecule has 0 radical (unpaired) electrons. The molecule has 0 atom stereocenters. The van der Waals surface area contributed by atoms with Gasteiger partial charge in [0.2, 0.25) is 0 Å². The first-order valence-electron chi connectivity index (χ1n) is 8.00. The Labute approximate surface area is 145 Å². The van der Waals surface area contributed by atoms with Crippen LogP contribution in [0.25, 0.3) is 28.2 Å². The Hall–Kier alpha value is -3.39. The number of oxazole rings is 1. The molecule has 0 amide bonds. The molecular weight excluding hydrogens is 312 g/mol. The molecule has 0 bridgehead atoms. The number of benzene rings is 2. The molecule has 0 aliphatic heterocycles. The first-order valence-corrected chi connectivity index (χ1v) is 8.00. The molecule has 0 saturated carbocycles. The van der Waals surface area contributed by atoms with Gasteiger partial charge in [-0.2, -0.15) is 5.26 Å². The molecule has 4 aromatic rings. The van der Waals surface area contributed by atoms with E-state index in [2.05, 4.69) is 46.6 Å². The van der Waals surface area contributed by atoms with Crippen LogP contribution in [0.3, 0.4) is 0 Å². The monoisotopic (exact) mass is 328 g/mol. The number of nitriles is 1. The number of nitrogens with zero attached hydrogens (tertiary/aromatic N) is 4. The fourth-order valence-electron chi connectivity index (χ4n) is 3.25. The van der Waals surface area contributed by atoms with E-state index in [1.54, 1.807) is 19.2 Å². The van der Waals surface area contributed by atoms with Gasteiger partial charge in [-0.1, -0.05) is 18.2 Å². The van der Waals surface area contributed by atoms with Crippen molar-refractivity contribution in [3.05, 3.63) is 65.3 Å². The van der Waals surface area contributed by atoms with Crippen LogP contribution in [0.15, 0.2) is 47.1 Å². The average molecular weight is 328 g/mol. The number of imidazole rings is 1. The summed E-state index contributed by atoms with van der Waals surface area (Å²) in [6.45, 7) is 5.95. The Balaban J connectivity index is 2.02. The molecule has 0 aliphatic carbocycles. The third kappa shape index (κ3) is 2.31. The summed E-state index contributed by atoms with van der Waals surface area (Å²) in [5, 5.41) is 9.31. The maximum atomic E-state index is 9.31. The van der Waals surface area contributed by atoms with Crippen LogP contribution in [0, 0.1) is 32.1 Å². The zero-order chi connectivity index (χ0) is 17.6. The lowest BCUT2D eigenvalue weighted by atomic mass is 10.1. The molecule has 4 rings (SSSR count). The van der Waals surface area contributed by atoms with Gasteiger partial charge in [0, 0.05) is 24.9 Å². The molecule has 5 nitrogen and oxygen atoms in total. The average Bonchev–Trinajstić information content (AvgIpc) is 3.20. The van der Waals surface area contributed by atoms with Crippen molar-refractivity contribution in [2.75, 3.05) is 0 Å². The summed E-state index contributed by atoms with van der Waals surface area (Å²) in [7, 11) is 0. The highest BCUT2D eigenvalue weighted by Gasteiger charge is 2.18. The number of para-hydroxylation sites is 1. The third-order valence-electron chi connectivity index (χ3n) is 4.33. The summed E-state index contributed by atoms with van der Waals surface area (Å²) in [6.07, 6.45) is 3.72. The van der Waals surface area contributed by atoms with Crippen molar-refractivity contribution >= 4 is 11.1 Å². The number of aryl methyl sites for hydroxylation is 3. The Morgan fingerprint density at radius 2 is 1.84 bits per heavy atom. The minimum atomic E-state index is 0.476. The highest BCUT2D eigenvalue weighted by molar-refractivity contribution is 5.92. The van der Waals surface area contributed by atoms with E-state index in [1.807, 2.05) is 18.3 Å². The summed E-state index contributed by atoms with van der Waals surface area (Å²) in [5.74, 6) is 1.31. The van der Waals surface area contributed by atoms with Crippen LogP contribution in [0.4, 0.5) is 0 Å². The van der Waals surface area contributed by atoms with Crippen LogP contribution in [0.2, 0.25) is 0 Å². The van der Waals surface area contributed by atoms with Crippen molar-refractivity contribution in [1.82, 2.24) is 14.5 Å². The lowest BCUT2D eigenvalue weighted by molar-refractivity contribution is 0.560. The second-order valence-corrected chi connectivity index (χ2v) is 6.04. The zero-order valence-corrected chi connectivity index (χ0v) is 14.2. The number of hydrogen-bond acceptors (Lipinski definition) is 4. The molecule has 5 heteroatoms. The van der Waals surface area contributed by atoms with Crippen LogP contribution in [0.5, 0.6) is 0 Å². The maximum absolute atomic E-state index is 9.31. The summed E-state index contributed by atoms with van der Waals surface area (Å²) in [6, 6.07) is 12.0. The standard InChI is InChI=1S/C20H16N4O/c1-12-5-4-6-13(2)18(12)24-10-9-22-20(24)16-8-7-15(11-21)19-17(16)23-14(3)25-19/h4-10H,1-3H3. The number of hydrogen-bond donors (Lipinski definition) is 0. The van der Waals surface area contributed by atoms with Crippen molar-refractivity contribution in [3.8, 4) is 23.1 Å². The summed E-state index contributed by atoms with van der Waals surface area (Å²) >= 11 is 0. The molecular formula is C20H16N4O. The van der Waals surface area contributed by atoms with Gasteiger partial charge < -0.3 is 4.42 Å². The first kappa shape index (κ1) is 15.2. The molecule has 0 aliphatic rings. The van der Waals surface area contributed by atoms with Gasteiger partial charge in [0.25, 0.3) is 0 Å². The summed E-state index contributed by atoms with van der Waals surface area (Å²) < 4.78 is 7.72. The van der Waals surface area contributed by atoms with E-state index in [9.17, 15) is 5.26 Å². The van der Waals surface area contributed by atoms with Gasteiger partial charge in [0.15, 0.2) is 11.5 Å². The van der Waals surface area contributed by atoms with E-state index in [0.29, 0.717) is 22.6 Å². The van der Waals surface area contributed by atoms with Gasteiger partial charge in [-0.15, -0.1) is 0 Å². The van der Waals surface area contributed by atoms with Crippen molar-refractivity contribution in [2.45, 2.75) is 20.8 Å². The van der Waals surface area contributed by atoms with Crippen molar-refractivity contribution in [3.63, 3.8) is 0 Å². The minimum Gasteiger partial charge on any atom is -0.440 e. The molecule has 25 heavy (non-hydrogen) atoms. The van der Waals surface area contributed by atoms with E-state index in [1.165, 1.54) is 11.1 Å². The van der Waals surface area contributed by atoms with E-state index < -0.39 is 0 Å². The van der Waals surface area contributed by atoms with Crippen LogP contribution < -0.4 is 0 Å². The van der Waals surface area contributed by atoms with Gasteiger partial charge >= 0.3 is 0 Å². The van der Waals surface area contributed by atoms with Crippen LogP contribution >= 0.6 is 0 Å². The highest BCUT2D eigenvalue weighted by Crippen LogP contribution is 2.32. The molecule has 0 N–H and O–H groups in total. The molecule has 0 fully saturated rings.